The van der Waals surface area contributed by atoms with Crippen LogP contribution in [0, 0.1) is 6.92 Å². The second kappa shape index (κ2) is 6.55. The Kier molecular flexibility index (Phi) is 3.90. The Bertz CT molecular complexity index is 1110. The van der Waals surface area contributed by atoms with Crippen LogP contribution >= 0.6 is 11.3 Å². The number of nitrogens with one attached hydrogen (secondary N) is 1. The highest BCUT2D eigenvalue weighted by atomic mass is 32.1. The third-order valence-electron chi connectivity index (χ3n) is 4.42. The van der Waals surface area contributed by atoms with Gasteiger partial charge in [-0.05, 0) is 42.0 Å². The molecule has 1 aliphatic rings. The van der Waals surface area contributed by atoms with Crippen molar-refractivity contribution < 1.29 is 14.0 Å². The van der Waals surface area contributed by atoms with Gasteiger partial charge in [0.2, 0.25) is 18.4 Å². The van der Waals surface area contributed by atoms with Gasteiger partial charge in [-0.25, -0.2) is 9.97 Å². The van der Waals surface area contributed by atoms with E-state index in [4.69, 9.17) is 14.0 Å². The van der Waals surface area contributed by atoms with Crippen molar-refractivity contribution in [1.29, 1.82) is 0 Å². The van der Waals surface area contributed by atoms with E-state index in [-0.39, 0.29) is 6.79 Å². The first-order chi connectivity index (χ1) is 13.3. The lowest BCUT2D eigenvalue weighted by atomic mass is 10.1. The van der Waals surface area contributed by atoms with Gasteiger partial charge in [0.05, 0.1) is 11.6 Å². The molecule has 0 unspecified atom stereocenters. The average Bonchev–Trinajstić information content (AvgIpc) is 3.42. The Morgan fingerprint density at radius 3 is 2.96 bits per heavy atom. The average molecular weight is 380 g/mol. The van der Waals surface area contributed by atoms with Gasteiger partial charge in [-0.15, -0.1) is 11.3 Å². The highest BCUT2D eigenvalue weighted by molar-refractivity contribution is 7.17. The summed E-state index contributed by atoms with van der Waals surface area (Å²) in [5.41, 5.74) is 2.33. The van der Waals surface area contributed by atoms with Crippen molar-refractivity contribution in [3.05, 3.63) is 47.0 Å². The molecule has 0 aliphatic carbocycles. The molecule has 4 heterocycles. The SMILES string of the molecule is Cc1csc2nc(-c3ccno3)nc(NCCc3ccc4c(c3)OCO4)c12. The van der Waals surface area contributed by atoms with Crippen molar-refractivity contribution in [3.63, 3.8) is 0 Å². The van der Waals surface area contributed by atoms with Gasteiger partial charge < -0.3 is 19.3 Å². The second-order valence-electron chi connectivity index (χ2n) is 6.24. The minimum Gasteiger partial charge on any atom is -0.454 e. The quantitative estimate of drug-likeness (QED) is 0.559. The van der Waals surface area contributed by atoms with Crippen LogP contribution in [0.5, 0.6) is 11.5 Å². The van der Waals surface area contributed by atoms with E-state index in [1.807, 2.05) is 12.1 Å². The van der Waals surface area contributed by atoms with Crippen LogP contribution in [-0.2, 0) is 6.42 Å². The minimum atomic E-state index is 0.289. The van der Waals surface area contributed by atoms with Crippen molar-refractivity contribution in [1.82, 2.24) is 15.1 Å². The van der Waals surface area contributed by atoms with Crippen molar-refractivity contribution in [2.45, 2.75) is 13.3 Å². The predicted octanol–water partition coefficient (Wildman–Crippen LogP) is 4.04. The van der Waals surface area contributed by atoms with E-state index in [2.05, 4.69) is 38.8 Å². The number of aromatic nitrogens is 3. The molecule has 0 radical (unpaired) electrons. The zero-order valence-corrected chi connectivity index (χ0v) is 15.4. The number of benzene rings is 1. The van der Waals surface area contributed by atoms with E-state index in [9.17, 15) is 0 Å². The van der Waals surface area contributed by atoms with Crippen molar-refractivity contribution >= 4 is 27.4 Å². The monoisotopic (exact) mass is 380 g/mol. The number of aryl methyl sites for hydroxylation is 1. The van der Waals surface area contributed by atoms with Crippen LogP contribution in [-0.4, -0.2) is 28.5 Å². The van der Waals surface area contributed by atoms with Gasteiger partial charge in [0.25, 0.3) is 0 Å². The topological polar surface area (TPSA) is 82.3 Å². The van der Waals surface area contributed by atoms with Gasteiger partial charge in [-0.2, -0.15) is 0 Å². The van der Waals surface area contributed by atoms with Crippen LogP contribution in [0.4, 0.5) is 5.82 Å². The first kappa shape index (κ1) is 16.1. The highest BCUT2D eigenvalue weighted by Crippen LogP contribution is 2.33. The smallest absolute Gasteiger partial charge is 0.231 e. The summed E-state index contributed by atoms with van der Waals surface area (Å²) in [6.07, 6.45) is 2.43. The van der Waals surface area contributed by atoms with Crippen molar-refractivity contribution in [3.8, 4) is 23.1 Å². The molecule has 0 amide bonds. The van der Waals surface area contributed by atoms with Crippen LogP contribution in [0.25, 0.3) is 21.8 Å². The summed E-state index contributed by atoms with van der Waals surface area (Å²) in [6.45, 7) is 3.09. The molecule has 7 nitrogen and oxygen atoms in total. The summed E-state index contributed by atoms with van der Waals surface area (Å²) in [5.74, 6) is 3.51. The third kappa shape index (κ3) is 2.97. The van der Waals surface area contributed by atoms with Gasteiger partial charge in [-0.3, -0.25) is 0 Å². The molecule has 136 valence electrons. The maximum Gasteiger partial charge on any atom is 0.231 e. The minimum absolute atomic E-state index is 0.289. The lowest BCUT2D eigenvalue weighted by molar-refractivity contribution is 0.174. The molecule has 0 saturated carbocycles. The Hall–Kier alpha value is -3.13. The van der Waals surface area contributed by atoms with E-state index in [0.717, 1.165) is 46.1 Å². The highest BCUT2D eigenvalue weighted by Gasteiger charge is 2.16. The van der Waals surface area contributed by atoms with Crippen LogP contribution < -0.4 is 14.8 Å². The summed E-state index contributed by atoms with van der Waals surface area (Å²) in [4.78, 5) is 10.2. The number of anilines is 1. The number of fused-ring (bicyclic) bond motifs is 2. The molecule has 4 aromatic rings. The zero-order chi connectivity index (χ0) is 18.2. The van der Waals surface area contributed by atoms with E-state index in [0.29, 0.717) is 11.6 Å². The summed E-state index contributed by atoms with van der Waals surface area (Å²) in [7, 11) is 0. The summed E-state index contributed by atoms with van der Waals surface area (Å²) < 4.78 is 16.0. The second-order valence-corrected chi connectivity index (χ2v) is 7.09. The number of nitrogens with zero attached hydrogens (tertiary/aromatic N) is 3. The lowest BCUT2D eigenvalue weighted by Crippen LogP contribution is -2.08. The third-order valence-corrected chi connectivity index (χ3v) is 5.41. The number of rotatable bonds is 5. The van der Waals surface area contributed by atoms with Crippen LogP contribution in [0.1, 0.15) is 11.1 Å². The molecule has 27 heavy (non-hydrogen) atoms. The van der Waals surface area contributed by atoms with E-state index >= 15 is 0 Å². The fourth-order valence-corrected chi connectivity index (χ4v) is 4.00. The van der Waals surface area contributed by atoms with Gasteiger partial charge in [0, 0.05) is 12.6 Å². The Morgan fingerprint density at radius 2 is 2.07 bits per heavy atom. The Balaban J connectivity index is 1.40. The fourth-order valence-electron chi connectivity index (χ4n) is 3.07. The molecule has 3 aromatic heterocycles. The maximum atomic E-state index is 5.45. The molecule has 1 N–H and O–H groups in total. The zero-order valence-electron chi connectivity index (χ0n) is 14.6. The maximum absolute atomic E-state index is 5.45. The Labute approximate surface area is 159 Å². The molecular formula is C19H16N4O3S. The van der Waals surface area contributed by atoms with Gasteiger partial charge >= 0.3 is 0 Å². The van der Waals surface area contributed by atoms with Crippen molar-refractivity contribution in [2.24, 2.45) is 0 Å². The molecule has 1 aromatic carbocycles. The molecule has 1 aliphatic heterocycles. The largest absolute Gasteiger partial charge is 0.454 e. The molecule has 0 bridgehead atoms. The standard InChI is InChI=1S/C19H16N4O3S/c1-11-9-27-19-16(11)18(22-17(23-19)14-5-7-21-26-14)20-6-4-12-2-3-13-15(8-12)25-10-24-13/h2-3,5,7-9H,4,6,10H2,1H3,(H,20,22,23). The molecular weight excluding hydrogens is 364 g/mol. The van der Waals surface area contributed by atoms with Crippen LogP contribution in [0.3, 0.4) is 0 Å². The van der Waals surface area contributed by atoms with Gasteiger partial charge in [0.15, 0.2) is 11.5 Å². The molecule has 5 rings (SSSR count). The number of thiophene rings is 1. The van der Waals surface area contributed by atoms with Crippen LogP contribution in [0.2, 0.25) is 0 Å². The molecule has 0 spiro atoms. The normalized spacial score (nSPS) is 12.6. The van der Waals surface area contributed by atoms with Gasteiger partial charge in [0.1, 0.15) is 10.6 Å². The molecule has 8 heteroatoms. The summed E-state index contributed by atoms with van der Waals surface area (Å²) >= 11 is 1.60. The van der Waals surface area contributed by atoms with E-state index in [1.165, 1.54) is 5.56 Å². The first-order valence-corrected chi connectivity index (χ1v) is 9.45. The first-order valence-electron chi connectivity index (χ1n) is 8.57. The van der Waals surface area contributed by atoms with E-state index in [1.54, 1.807) is 23.6 Å². The summed E-state index contributed by atoms with van der Waals surface area (Å²) in [5, 5.41) is 10.3. The molecule has 0 fully saturated rings. The molecule has 0 saturated heterocycles. The fraction of sp³-hybridized carbons (Fsp3) is 0.211. The molecule has 0 atom stereocenters. The number of ether oxygens (including phenoxy) is 2. The number of hydrogen-bond donors (Lipinski definition) is 1. The number of hydrogen-bond acceptors (Lipinski definition) is 8. The Morgan fingerprint density at radius 1 is 1.15 bits per heavy atom. The lowest BCUT2D eigenvalue weighted by Gasteiger charge is -2.09. The van der Waals surface area contributed by atoms with Gasteiger partial charge in [-0.1, -0.05) is 11.2 Å². The predicted molar refractivity (Wildman–Crippen MR) is 102 cm³/mol. The summed E-state index contributed by atoms with van der Waals surface area (Å²) in [6, 6.07) is 7.79. The van der Waals surface area contributed by atoms with E-state index < -0.39 is 0 Å². The van der Waals surface area contributed by atoms with Crippen LogP contribution in [0.15, 0.2) is 40.4 Å². The van der Waals surface area contributed by atoms with Crippen molar-refractivity contribution in [2.75, 3.05) is 18.7 Å².